The van der Waals surface area contributed by atoms with Crippen LogP contribution in [0.15, 0.2) is 12.1 Å². The number of benzene rings is 1. The first-order valence-corrected chi connectivity index (χ1v) is 8.38. The third-order valence-electron chi connectivity index (χ3n) is 2.79. The van der Waals surface area contributed by atoms with Gasteiger partial charge in [0.2, 0.25) is 0 Å². The van der Waals surface area contributed by atoms with Crippen LogP contribution in [0, 0.1) is 11.6 Å². The van der Waals surface area contributed by atoms with Crippen LogP contribution < -0.4 is 5.32 Å². The van der Waals surface area contributed by atoms with Crippen molar-refractivity contribution in [1.29, 1.82) is 0 Å². The van der Waals surface area contributed by atoms with Gasteiger partial charge in [-0.25, -0.2) is 17.2 Å². The fourth-order valence-corrected chi connectivity index (χ4v) is 2.27. The Kier molecular flexibility index (Phi) is 5.65. The Bertz CT molecular complexity index is 609. The van der Waals surface area contributed by atoms with Crippen LogP contribution in [-0.2, 0) is 9.84 Å². The van der Waals surface area contributed by atoms with Crippen LogP contribution >= 0.6 is 0 Å². The lowest BCUT2D eigenvalue weighted by Crippen LogP contribution is -2.31. The number of carbonyl (C=O) groups excluding carboxylic acids is 1. The molecule has 0 unspecified atom stereocenters. The van der Waals surface area contributed by atoms with E-state index in [0.29, 0.717) is 6.54 Å². The van der Waals surface area contributed by atoms with Crippen molar-refractivity contribution < 1.29 is 22.0 Å². The molecule has 0 aliphatic carbocycles. The summed E-state index contributed by atoms with van der Waals surface area (Å²) in [4.78, 5) is 13.1. The molecule has 0 fully saturated rings. The Morgan fingerprint density at radius 1 is 1.29 bits per heavy atom. The van der Waals surface area contributed by atoms with E-state index < -0.39 is 27.4 Å². The zero-order chi connectivity index (χ0) is 16.2. The van der Waals surface area contributed by atoms with Gasteiger partial charge in [0.05, 0.1) is 5.75 Å². The van der Waals surface area contributed by atoms with Gasteiger partial charge < -0.3 is 10.2 Å². The first-order valence-electron chi connectivity index (χ1n) is 6.31. The predicted octanol–water partition coefficient (Wildman–Crippen LogP) is 1.51. The number of hydrogen-bond acceptors (Lipinski definition) is 4. The predicted molar refractivity (Wildman–Crippen MR) is 77.2 cm³/mol. The fourth-order valence-electron chi connectivity index (χ4n) is 1.67. The lowest BCUT2D eigenvalue weighted by atomic mass is 10.1. The van der Waals surface area contributed by atoms with Gasteiger partial charge in [-0.1, -0.05) is 0 Å². The van der Waals surface area contributed by atoms with E-state index >= 15 is 0 Å². The highest BCUT2D eigenvalue weighted by atomic mass is 32.2. The molecule has 0 aromatic heterocycles. The number of sulfone groups is 1. The molecular formula is C13H18F2N2O3S. The minimum absolute atomic E-state index is 0.0458. The summed E-state index contributed by atoms with van der Waals surface area (Å²) in [5, 5.41) is 2.53. The third-order valence-corrected chi connectivity index (χ3v) is 3.71. The SMILES string of the molecule is CCNc1c(F)cc(C(=O)N(C)CCS(C)(=O)=O)cc1F. The third kappa shape index (κ3) is 4.96. The molecule has 1 amide bonds. The maximum atomic E-state index is 13.7. The van der Waals surface area contributed by atoms with E-state index in [4.69, 9.17) is 0 Å². The van der Waals surface area contributed by atoms with E-state index in [-0.39, 0.29) is 23.5 Å². The molecule has 0 radical (unpaired) electrons. The molecule has 1 aromatic rings. The lowest BCUT2D eigenvalue weighted by Gasteiger charge is -2.17. The van der Waals surface area contributed by atoms with Gasteiger partial charge in [-0.15, -0.1) is 0 Å². The van der Waals surface area contributed by atoms with Gasteiger partial charge in [0.1, 0.15) is 27.2 Å². The average Bonchev–Trinajstić information content (AvgIpc) is 2.38. The van der Waals surface area contributed by atoms with Crippen molar-refractivity contribution in [2.45, 2.75) is 6.92 Å². The molecule has 1 rings (SSSR count). The fraction of sp³-hybridized carbons (Fsp3) is 0.462. The first kappa shape index (κ1) is 17.4. The van der Waals surface area contributed by atoms with Gasteiger partial charge in [-0.3, -0.25) is 4.79 Å². The first-order chi connectivity index (χ1) is 9.65. The Labute approximate surface area is 122 Å². The molecule has 21 heavy (non-hydrogen) atoms. The highest BCUT2D eigenvalue weighted by molar-refractivity contribution is 7.90. The van der Waals surface area contributed by atoms with Crippen LogP contribution in [0.1, 0.15) is 17.3 Å². The van der Waals surface area contributed by atoms with Crippen molar-refractivity contribution in [3.8, 4) is 0 Å². The second-order valence-electron chi connectivity index (χ2n) is 4.70. The maximum Gasteiger partial charge on any atom is 0.253 e. The van der Waals surface area contributed by atoms with E-state index in [1.165, 1.54) is 7.05 Å². The van der Waals surface area contributed by atoms with E-state index in [1.54, 1.807) is 6.92 Å². The zero-order valence-electron chi connectivity index (χ0n) is 12.1. The summed E-state index contributed by atoms with van der Waals surface area (Å²) in [5.74, 6) is -2.58. The standard InChI is InChI=1S/C13H18F2N2O3S/c1-4-16-12-10(14)7-9(8-11(12)15)13(18)17(2)5-6-21(3,19)20/h7-8,16H,4-6H2,1-3H3. The molecule has 0 aliphatic rings. The molecule has 1 aromatic carbocycles. The number of halogens is 2. The Morgan fingerprint density at radius 2 is 1.81 bits per heavy atom. The van der Waals surface area contributed by atoms with E-state index in [9.17, 15) is 22.0 Å². The minimum Gasteiger partial charge on any atom is -0.381 e. The van der Waals surface area contributed by atoms with Gasteiger partial charge in [0, 0.05) is 32.0 Å². The molecule has 1 N–H and O–H groups in total. The molecule has 5 nitrogen and oxygen atoms in total. The van der Waals surface area contributed by atoms with Crippen molar-refractivity contribution in [3.63, 3.8) is 0 Å². The number of carbonyl (C=O) groups is 1. The summed E-state index contributed by atoms with van der Waals surface area (Å²) in [7, 11) is -1.84. The van der Waals surface area contributed by atoms with Gasteiger partial charge in [0.15, 0.2) is 0 Å². The van der Waals surface area contributed by atoms with Crippen LogP contribution in [0.3, 0.4) is 0 Å². The second kappa shape index (κ2) is 6.84. The van der Waals surface area contributed by atoms with E-state index in [2.05, 4.69) is 5.32 Å². The van der Waals surface area contributed by atoms with Gasteiger partial charge >= 0.3 is 0 Å². The summed E-state index contributed by atoms with van der Waals surface area (Å²) < 4.78 is 49.6. The van der Waals surface area contributed by atoms with Gasteiger partial charge in [0.25, 0.3) is 5.91 Å². The number of nitrogens with zero attached hydrogens (tertiary/aromatic N) is 1. The molecule has 0 atom stereocenters. The Hall–Kier alpha value is -1.70. The molecule has 118 valence electrons. The van der Waals surface area contributed by atoms with E-state index in [0.717, 1.165) is 23.3 Å². The minimum atomic E-state index is -3.22. The van der Waals surface area contributed by atoms with Crippen molar-refractivity contribution in [2.75, 3.05) is 37.5 Å². The summed E-state index contributed by atoms with van der Waals surface area (Å²) in [5.41, 5.74) is -0.449. The molecule has 0 heterocycles. The number of nitrogens with one attached hydrogen (secondary N) is 1. The van der Waals surface area contributed by atoms with Crippen LogP contribution in [0.25, 0.3) is 0 Å². The zero-order valence-corrected chi connectivity index (χ0v) is 12.9. The summed E-state index contributed by atoms with van der Waals surface area (Å²) in [6, 6.07) is 1.86. The Morgan fingerprint density at radius 3 is 2.24 bits per heavy atom. The van der Waals surface area contributed by atoms with Crippen molar-refractivity contribution in [2.24, 2.45) is 0 Å². The largest absolute Gasteiger partial charge is 0.381 e. The molecule has 8 heteroatoms. The molecule has 0 bridgehead atoms. The number of rotatable bonds is 6. The maximum absolute atomic E-state index is 13.7. The summed E-state index contributed by atoms with van der Waals surface area (Å²) in [6.45, 7) is 1.99. The monoisotopic (exact) mass is 320 g/mol. The quantitative estimate of drug-likeness (QED) is 0.863. The number of anilines is 1. The summed E-state index contributed by atoms with van der Waals surface area (Å²) >= 11 is 0. The molecule has 0 saturated heterocycles. The molecular weight excluding hydrogens is 302 g/mol. The van der Waals surface area contributed by atoms with Gasteiger partial charge in [-0.2, -0.15) is 0 Å². The van der Waals surface area contributed by atoms with Crippen molar-refractivity contribution in [1.82, 2.24) is 4.90 Å². The van der Waals surface area contributed by atoms with Crippen molar-refractivity contribution >= 4 is 21.4 Å². The number of amides is 1. The lowest BCUT2D eigenvalue weighted by molar-refractivity contribution is 0.0802. The second-order valence-corrected chi connectivity index (χ2v) is 6.96. The molecule has 0 spiro atoms. The average molecular weight is 320 g/mol. The van der Waals surface area contributed by atoms with Crippen LogP contribution in [0.5, 0.6) is 0 Å². The highest BCUT2D eigenvalue weighted by Crippen LogP contribution is 2.21. The smallest absolute Gasteiger partial charge is 0.253 e. The van der Waals surface area contributed by atoms with Crippen LogP contribution in [0.2, 0.25) is 0 Å². The van der Waals surface area contributed by atoms with Crippen LogP contribution in [-0.4, -0.2) is 51.4 Å². The topological polar surface area (TPSA) is 66.5 Å². The normalized spacial score (nSPS) is 11.3. The Balaban J connectivity index is 2.93. The van der Waals surface area contributed by atoms with Gasteiger partial charge in [-0.05, 0) is 19.1 Å². The summed E-state index contributed by atoms with van der Waals surface area (Å²) in [6.07, 6.45) is 1.05. The van der Waals surface area contributed by atoms with Crippen LogP contribution in [0.4, 0.5) is 14.5 Å². The van der Waals surface area contributed by atoms with Crippen molar-refractivity contribution in [3.05, 3.63) is 29.3 Å². The molecule has 0 saturated carbocycles. The van der Waals surface area contributed by atoms with E-state index in [1.807, 2.05) is 0 Å². The molecule has 0 aliphatic heterocycles. The number of hydrogen-bond donors (Lipinski definition) is 1. The highest BCUT2D eigenvalue weighted by Gasteiger charge is 2.18.